The van der Waals surface area contributed by atoms with Crippen LogP contribution in [0.15, 0.2) is 24.3 Å². The molecular formula is C16H22O3. The molecule has 104 valence electrons. The first-order chi connectivity index (χ1) is 9.29. The minimum atomic E-state index is -0.219. The number of carbonyl (C=O) groups is 1. The summed E-state index contributed by atoms with van der Waals surface area (Å²) in [6.45, 7) is 1.08. The fourth-order valence-corrected chi connectivity index (χ4v) is 2.59. The van der Waals surface area contributed by atoms with Crippen LogP contribution in [0.25, 0.3) is 0 Å². The SMILES string of the molecule is COCc1cccc(C(=O)OCC2CCCCC2)c1. The van der Waals surface area contributed by atoms with Gasteiger partial charge in [0.25, 0.3) is 0 Å². The van der Waals surface area contributed by atoms with Gasteiger partial charge in [0, 0.05) is 7.11 Å². The van der Waals surface area contributed by atoms with E-state index in [1.807, 2.05) is 18.2 Å². The Morgan fingerprint density at radius 1 is 1.26 bits per heavy atom. The van der Waals surface area contributed by atoms with E-state index in [0.717, 1.165) is 5.56 Å². The Kier molecular flexibility index (Phi) is 5.40. The number of carbonyl (C=O) groups excluding carboxylic acids is 1. The summed E-state index contributed by atoms with van der Waals surface area (Å²) in [6, 6.07) is 7.45. The second kappa shape index (κ2) is 7.29. The average molecular weight is 262 g/mol. The summed E-state index contributed by atoms with van der Waals surface area (Å²) in [5.41, 5.74) is 1.61. The van der Waals surface area contributed by atoms with Crippen LogP contribution in [0.1, 0.15) is 48.0 Å². The van der Waals surface area contributed by atoms with Gasteiger partial charge in [0.05, 0.1) is 18.8 Å². The van der Waals surface area contributed by atoms with Gasteiger partial charge in [-0.25, -0.2) is 4.79 Å². The molecule has 19 heavy (non-hydrogen) atoms. The molecule has 1 aliphatic carbocycles. The van der Waals surface area contributed by atoms with Gasteiger partial charge in [-0.1, -0.05) is 31.4 Å². The molecule has 0 radical (unpaired) electrons. The normalized spacial score (nSPS) is 16.3. The van der Waals surface area contributed by atoms with Crippen LogP contribution in [0.5, 0.6) is 0 Å². The maximum atomic E-state index is 12.0. The number of ether oxygens (including phenoxy) is 2. The van der Waals surface area contributed by atoms with Crippen LogP contribution in [0.4, 0.5) is 0 Å². The van der Waals surface area contributed by atoms with Crippen LogP contribution >= 0.6 is 0 Å². The second-order valence-corrected chi connectivity index (χ2v) is 5.24. The topological polar surface area (TPSA) is 35.5 Å². The molecule has 0 heterocycles. The summed E-state index contributed by atoms with van der Waals surface area (Å²) in [6.07, 6.45) is 6.24. The molecule has 0 spiro atoms. The van der Waals surface area contributed by atoms with E-state index in [-0.39, 0.29) is 5.97 Å². The van der Waals surface area contributed by atoms with E-state index in [0.29, 0.717) is 24.7 Å². The van der Waals surface area contributed by atoms with Crippen LogP contribution in [0.2, 0.25) is 0 Å². The minimum Gasteiger partial charge on any atom is -0.462 e. The molecule has 1 saturated carbocycles. The fourth-order valence-electron chi connectivity index (χ4n) is 2.59. The largest absolute Gasteiger partial charge is 0.462 e. The Morgan fingerprint density at radius 2 is 2.05 bits per heavy atom. The molecule has 1 aromatic rings. The van der Waals surface area contributed by atoms with Gasteiger partial charge in [-0.2, -0.15) is 0 Å². The summed E-state index contributed by atoms with van der Waals surface area (Å²) in [5, 5.41) is 0. The highest BCUT2D eigenvalue weighted by Gasteiger charge is 2.16. The van der Waals surface area contributed by atoms with Gasteiger partial charge < -0.3 is 9.47 Å². The third kappa shape index (κ3) is 4.35. The summed E-state index contributed by atoms with van der Waals surface area (Å²) in [5.74, 6) is 0.336. The lowest BCUT2D eigenvalue weighted by Gasteiger charge is -2.21. The van der Waals surface area contributed by atoms with E-state index in [4.69, 9.17) is 9.47 Å². The van der Waals surface area contributed by atoms with Crippen LogP contribution in [-0.4, -0.2) is 19.7 Å². The van der Waals surface area contributed by atoms with Crippen LogP contribution in [0.3, 0.4) is 0 Å². The first-order valence-corrected chi connectivity index (χ1v) is 7.04. The van der Waals surface area contributed by atoms with Crippen molar-refractivity contribution < 1.29 is 14.3 Å². The van der Waals surface area contributed by atoms with Gasteiger partial charge in [-0.15, -0.1) is 0 Å². The highest BCUT2D eigenvalue weighted by molar-refractivity contribution is 5.89. The maximum Gasteiger partial charge on any atom is 0.338 e. The molecule has 0 aromatic heterocycles. The van der Waals surface area contributed by atoms with Crippen LogP contribution in [0, 0.1) is 5.92 Å². The molecule has 0 atom stereocenters. The summed E-state index contributed by atoms with van der Waals surface area (Å²) >= 11 is 0. The Morgan fingerprint density at radius 3 is 2.79 bits per heavy atom. The van der Waals surface area contributed by atoms with Crippen molar-refractivity contribution in [2.75, 3.05) is 13.7 Å². The quantitative estimate of drug-likeness (QED) is 0.761. The van der Waals surface area contributed by atoms with Crippen molar-refractivity contribution in [2.45, 2.75) is 38.7 Å². The number of esters is 1. The van der Waals surface area contributed by atoms with E-state index in [9.17, 15) is 4.79 Å². The van der Waals surface area contributed by atoms with Crippen molar-refractivity contribution in [3.63, 3.8) is 0 Å². The van der Waals surface area contributed by atoms with Crippen molar-refractivity contribution >= 4 is 5.97 Å². The molecule has 0 N–H and O–H groups in total. The van der Waals surface area contributed by atoms with E-state index in [1.54, 1.807) is 13.2 Å². The minimum absolute atomic E-state index is 0.219. The number of rotatable bonds is 5. The smallest absolute Gasteiger partial charge is 0.338 e. The molecular weight excluding hydrogens is 240 g/mol. The molecule has 3 nitrogen and oxygen atoms in total. The third-order valence-electron chi connectivity index (χ3n) is 3.65. The summed E-state index contributed by atoms with van der Waals surface area (Å²) < 4.78 is 10.5. The van der Waals surface area contributed by atoms with E-state index in [2.05, 4.69) is 0 Å². The Balaban J connectivity index is 1.86. The lowest BCUT2D eigenvalue weighted by Crippen LogP contribution is -2.16. The molecule has 0 aliphatic heterocycles. The first-order valence-electron chi connectivity index (χ1n) is 7.04. The summed E-state index contributed by atoms with van der Waals surface area (Å²) in [4.78, 5) is 12.0. The number of hydrogen-bond acceptors (Lipinski definition) is 3. The maximum absolute atomic E-state index is 12.0. The zero-order valence-corrected chi connectivity index (χ0v) is 11.6. The van der Waals surface area contributed by atoms with Crippen LogP contribution < -0.4 is 0 Å². The Bertz CT molecular complexity index is 408. The van der Waals surface area contributed by atoms with Gasteiger partial charge in [-0.3, -0.25) is 0 Å². The molecule has 1 fully saturated rings. The molecule has 1 aliphatic rings. The highest BCUT2D eigenvalue weighted by Crippen LogP contribution is 2.24. The number of benzene rings is 1. The Hall–Kier alpha value is -1.35. The Labute approximate surface area is 114 Å². The van der Waals surface area contributed by atoms with Crippen molar-refractivity contribution in [1.82, 2.24) is 0 Å². The van der Waals surface area contributed by atoms with Crippen LogP contribution in [-0.2, 0) is 16.1 Å². The van der Waals surface area contributed by atoms with E-state index < -0.39 is 0 Å². The average Bonchev–Trinajstić information content (AvgIpc) is 2.46. The zero-order valence-electron chi connectivity index (χ0n) is 11.6. The second-order valence-electron chi connectivity index (χ2n) is 5.24. The molecule has 0 unspecified atom stereocenters. The van der Waals surface area contributed by atoms with Gasteiger partial charge >= 0.3 is 5.97 Å². The predicted octanol–water partition coefficient (Wildman–Crippen LogP) is 3.57. The highest BCUT2D eigenvalue weighted by atomic mass is 16.5. The van der Waals surface area contributed by atoms with Crippen molar-refractivity contribution in [3.05, 3.63) is 35.4 Å². The predicted molar refractivity (Wildman–Crippen MR) is 74.0 cm³/mol. The monoisotopic (exact) mass is 262 g/mol. The molecule has 0 amide bonds. The summed E-state index contributed by atoms with van der Waals surface area (Å²) in [7, 11) is 1.65. The van der Waals surface area contributed by atoms with Gasteiger partial charge in [0.15, 0.2) is 0 Å². The third-order valence-corrected chi connectivity index (χ3v) is 3.65. The van der Waals surface area contributed by atoms with E-state index in [1.165, 1.54) is 32.1 Å². The molecule has 0 saturated heterocycles. The fraction of sp³-hybridized carbons (Fsp3) is 0.562. The van der Waals surface area contributed by atoms with Crippen molar-refractivity contribution in [2.24, 2.45) is 5.92 Å². The van der Waals surface area contributed by atoms with Crippen molar-refractivity contribution in [1.29, 1.82) is 0 Å². The van der Waals surface area contributed by atoms with Gasteiger partial charge in [0.2, 0.25) is 0 Å². The lowest BCUT2D eigenvalue weighted by molar-refractivity contribution is 0.0410. The standard InChI is InChI=1S/C16H22O3/c1-18-11-14-8-5-9-15(10-14)16(17)19-12-13-6-3-2-4-7-13/h5,8-10,13H,2-4,6-7,11-12H2,1H3. The molecule has 0 bridgehead atoms. The molecule has 1 aromatic carbocycles. The van der Waals surface area contributed by atoms with E-state index >= 15 is 0 Å². The molecule has 3 heteroatoms. The number of hydrogen-bond donors (Lipinski definition) is 0. The first kappa shape index (κ1) is 14.1. The number of methoxy groups -OCH3 is 1. The molecule has 2 rings (SSSR count). The van der Waals surface area contributed by atoms with Gasteiger partial charge in [-0.05, 0) is 36.5 Å². The van der Waals surface area contributed by atoms with Crippen molar-refractivity contribution in [3.8, 4) is 0 Å². The lowest BCUT2D eigenvalue weighted by atomic mass is 9.90. The van der Waals surface area contributed by atoms with Gasteiger partial charge in [0.1, 0.15) is 0 Å². The zero-order chi connectivity index (χ0) is 13.5.